The first-order valence-corrected chi connectivity index (χ1v) is 7.94. The maximum atomic E-state index is 11.3. The van der Waals surface area contributed by atoms with Gasteiger partial charge in [0.25, 0.3) is 5.69 Å². The van der Waals surface area contributed by atoms with Crippen molar-refractivity contribution in [2.24, 2.45) is 0 Å². The quantitative estimate of drug-likeness (QED) is 0.589. The zero-order valence-corrected chi connectivity index (χ0v) is 12.9. The Kier molecular flexibility index (Phi) is 5.83. The average molecular weight is 314 g/mol. The molecule has 1 aromatic carbocycles. The minimum Gasteiger partial charge on any atom is -0.478 e. The molecule has 0 saturated heterocycles. The predicted molar refractivity (Wildman–Crippen MR) is 81.4 cm³/mol. The lowest BCUT2D eigenvalue weighted by molar-refractivity contribution is -0.385. The number of nitrogens with one attached hydrogen (secondary N) is 1. The Morgan fingerprint density at radius 1 is 1.52 bits per heavy atom. The number of nitrogens with zero attached hydrogens (tertiary/aromatic N) is 1. The highest BCUT2D eigenvalue weighted by atomic mass is 32.2. The Hall–Kier alpha value is -1.96. The van der Waals surface area contributed by atoms with Crippen LogP contribution in [0, 0.1) is 17.0 Å². The van der Waals surface area contributed by atoms with Crippen LogP contribution in [0.5, 0.6) is 0 Å². The molecule has 116 valence electrons. The van der Waals surface area contributed by atoms with Crippen LogP contribution in [0.4, 0.5) is 11.4 Å². The number of rotatable bonds is 7. The summed E-state index contributed by atoms with van der Waals surface area (Å²) in [6.07, 6.45) is 2.24. The topological polar surface area (TPSA) is 110 Å². The molecule has 8 heteroatoms. The summed E-state index contributed by atoms with van der Waals surface area (Å²) < 4.78 is 11.3. The number of aromatic carboxylic acids is 1. The number of anilines is 1. The summed E-state index contributed by atoms with van der Waals surface area (Å²) in [5.41, 5.74) is 0.428. The number of nitro benzene ring substituents is 1. The second-order valence-electron chi connectivity index (χ2n) is 4.75. The van der Waals surface area contributed by atoms with E-state index < -0.39 is 21.7 Å². The smallest absolute Gasteiger partial charge is 0.336 e. The monoisotopic (exact) mass is 314 g/mol. The Morgan fingerprint density at radius 2 is 2.14 bits per heavy atom. The first-order chi connectivity index (χ1) is 9.73. The van der Waals surface area contributed by atoms with Crippen LogP contribution in [0.2, 0.25) is 0 Å². The number of hydrogen-bond acceptors (Lipinski definition) is 5. The molecule has 2 unspecified atom stereocenters. The molecule has 7 nitrogen and oxygen atoms in total. The average Bonchev–Trinajstić information content (AvgIpc) is 2.39. The summed E-state index contributed by atoms with van der Waals surface area (Å²) in [5, 5.41) is 22.9. The first-order valence-electron chi connectivity index (χ1n) is 6.32. The SMILES string of the molecule is Cc1c(NCCC(C)S(C)=O)cc(C(=O)O)cc1[N+](=O)[O-]. The molecule has 0 heterocycles. The van der Waals surface area contributed by atoms with Crippen molar-refractivity contribution >= 4 is 28.1 Å². The molecule has 21 heavy (non-hydrogen) atoms. The van der Waals surface area contributed by atoms with E-state index in [1.165, 1.54) is 6.07 Å². The van der Waals surface area contributed by atoms with Gasteiger partial charge in [0.05, 0.1) is 10.5 Å². The standard InChI is InChI=1S/C13H18N2O5S/c1-8(21(3)20)4-5-14-11-6-10(13(16)17)7-12(9(11)2)15(18)19/h6-8,14H,4-5H2,1-3H3,(H,16,17). The van der Waals surface area contributed by atoms with E-state index >= 15 is 0 Å². The third kappa shape index (κ3) is 4.52. The molecule has 0 aromatic heterocycles. The van der Waals surface area contributed by atoms with Gasteiger partial charge in [-0.05, 0) is 19.4 Å². The summed E-state index contributed by atoms with van der Waals surface area (Å²) in [6.45, 7) is 3.87. The molecule has 0 fully saturated rings. The highest BCUT2D eigenvalue weighted by Crippen LogP contribution is 2.28. The predicted octanol–water partition coefficient (Wildman–Crippen LogP) is 2.17. The third-order valence-corrected chi connectivity index (χ3v) is 4.63. The molecule has 0 radical (unpaired) electrons. The number of benzene rings is 1. The highest BCUT2D eigenvalue weighted by molar-refractivity contribution is 7.84. The van der Waals surface area contributed by atoms with Gasteiger partial charge in [0.2, 0.25) is 0 Å². The number of carbonyl (C=O) groups is 1. The van der Waals surface area contributed by atoms with Crippen molar-refractivity contribution < 1.29 is 19.0 Å². The Balaban J connectivity index is 2.97. The van der Waals surface area contributed by atoms with Gasteiger partial charge in [-0.3, -0.25) is 14.3 Å². The second kappa shape index (κ2) is 7.16. The van der Waals surface area contributed by atoms with Crippen LogP contribution in [-0.4, -0.2) is 38.3 Å². The van der Waals surface area contributed by atoms with Crippen molar-refractivity contribution in [1.82, 2.24) is 0 Å². The summed E-state index contributed by atoms with van der Waals surface area (Å²) in [4.78, 5) is 21.4. The molecule has 1 rings (SSSR count). The van der Waals surface area contributed by atoms with Gasteiger partial charge in [0.1, 0.15) is 0 Å². The van der Waals surface area contributed by atoms with Gasteiger partial charge < -0.3 is 10.4 Å². The van der Waals surface area contributed by atoms with Gasteiger partial charge in [-0.15, -0.1) is 0 Å². The van der Waals surface area contributed by atoms with Crippen LogP contribution in [0.25, 0.3) is 0 Å². The van der Waals surface area contributed by atoms with Gasteiger partial charge in [0, 0.05) is 46.2 Å². The lowest BCUT2D eigenvalue weighted by Crippen LogP contribution is -2.15. The van der Waals surface area contributed by atoms with E-state index in [1.807, 2.05) is 6.92 Å². The fraction of sp³-hybridized carbons (Fsp3) is 0.462. The van der Waals surface area contributed by atoms with E-state index in [2.05, 4.69) is 5.32 Å². The van der Waals surface area contributed by atoms with E-state index in [4.69, 9.17) is 5.11 Å². The van der Waals surface area contributed by atoms with Crippen molar-refractivity contribution in [3.8, 4) is 0 Å². The maximum Gasteiger partial charge on any atom is 0.336 e. The van der Waals surface area contributed by atoms with E-state index in [1.54, 1.807) is 13.2 Å². The number of hydrogen-bond donors (Lipinski definition) is 2. The fourth-order valence-corrected chi connectivity index (χ4v) is 2.22. The molecular weight excluding hydrogens is 296 g/mol. The van der Waals surface area contributed by atoms with Gasteiger partial charge in [-0.25, -0.2) is 4.79 Å². The van der Waals surface area contributed by atoms with Crippen molar-refractivity contribution in [2.45, 2.75) is 25.5 Å². The van der Waals surface area contributed by atoms with Crippen LogP contribution in [0.3, 0.4) is 0 Å². The van der Waals surface area contributed by atoms with Crippen LogP contribution < -0.4 is 5.32 Å². The van der Waals surface area contributed by atoms with Crippen LogP contribution in [0.1, 0.15) is 29.3 Å². The highest BCUT2D eigenvalue weighted by Gasteiger charge is 2.19. The van der Waals surface area contributed by atoms with Crippen LogP contribution in [0.15, 0.2) is 12.1 Å². The molecule has 0 aliphatic carbocycles. The van der Waals surface area contributed by atoms with Crippen LogP contribution in [-0.2, 0) is 10.8 Å². The van der Waals surface area contributed by atoms with E-state index in [0.29, 0.717) is 24.2 Å². The fourth-order valence-electron chi connectivity index (χ4n) is 1.77. The summed E-state index contributed by atoms with van der Waals surface area (Å²) in [6, 6.07) is 2.42. The summed E-state index contributed by atoms with van der Waals surface area (Å²) in [7, 11) is -0.939. The van der Waals surface area contributed by atoms with Gasteiger partial charge >= 0.3 is 5.97 Å². The Morgan fingerprint density at radius 3 is 2.62 bits per heavy atom. The largest absolute Gasteiger partial charge is 0.478 e. The summed E-state index contributed by atoms with van der Waals surface area (Å²) in [5.74, 6) is -1.22. The molecule has 0 saturated carbocycles. The van der Waals surface area contributed by atoms with Crippen molar-refractivity contribution in [3.05, 3.63) is 33.4 Å². The third-order valence-electron chi connectivity index (χ3n) is 3.26. The molecule has 0 bridgehead atoms. The molecular formula is C13H18N2O5S. The van der Waals surface area contributed by atoms with E-state index in [9.17, 15) is 19.1 Å². The van der Waals surface area contributed by atoms with E-state index in [-0.39, 0.29) is 16.5 Å². The molecule has 2 N–H and O–H groups in total. The Labute approximate surface area is 125 Å². The zero-order valence-electron chi connectivity index (χ0n) is 12.1. The van der Waals surface area contributed by atoms with Crippen molar-refractivity contribution in [3.63, 3.8) is 0 Å². The maximum absolute atomic E-state index is 11.3. The second-order valence-corrected chi connectivity index (χ2v) is 6.56. The Bertz CT molecular complexity index is 588. The van der Waals surface area contributed by atoms with Gasteiger partial charge in [-0.2, -0.15) is 0 Å². The number of carboxylic acids is 1. The summed E-state index contributed by atoms with van der Waals surface area (Å²) >= 11 is 0. The lowest BCUT2D eigenvalue weighted by Gasteiger charge is -2.13. The number of carboxylic acid groups (broad SMARTS) is 1. The molecule has 0 aliphatic rings. The number of nitro groups is 1. The molecule has 2 atom stereocenters. The minimum absolute atomic E-state index is 0.00421. The van der Waals surface area contributed by atoms with E-state index in [0.717, 1.165) is 6.07 Å². The molecule has 0 aliphatic heterocycles. The van der Waals surface area contributed by atoms with Gasteiger partial charge in [0.15, 0.2) is 0 Å². The van der Waals surface area contributed by atoms with Crippen molar-refractivity contribution in [1.29, 1.82) is 0 Å². The molecule has 0 spiro atoms. The molecule has 0 amide bonds. The van der Waals surface area contributed by atoms with Gasteiger partial charge in [-0.1, -0.05) is 6.92 Å². The van der Waals surface area contributed by atoms with Crippen LogP contribution >= 0.6 is 0 Å². The minimum atomic E-state index is -1.22. The first kappa shape index (κ1) is 17.1. The van der Waals surface area contributed by atoms with Crippen molar-refractivity contribution in [2.75, 3.05) is 18.1 Å². The molecule has 1 aromatic rings. The normalized spacial score (nSPS) is 13.5. The zero-order chi connectivity index (χ0) is 16.2. The lowest BCUT2D eigenvalue weighted by atomic mass is 10.1.